The first-order valence-electron chi connectivity index (χ1n) is 7.90. The first kappa shape index (κ1) is 20.1. The number of aliphatic imine (C=N–C) groups is 1. The number of alkyl halides is 2. The van der Waals surface area contributed by atoms with Crippen LogP contribution < -0.4 is 15.8 Å². The predicted octanol–water partition coefficient (Wildman–Crippen LogP) is 3.44. The molecule has 0 saturated heterocycles. The van der Waals surface area contributed by atoms with Crippen molar-refractivity contribution in [3.05, 3.63) is 52.4 Å². The minimum absolute atomic E-state index is 0.0186. The van der Waals surface area contributed by atoms with Crippen LogP contribution in [0.25, 0.3) is 0 Å². The molecule has 2 heterocycles. The van der Waals surface area contributed by atoms with Gasteiger partial charge in [0.1, 0.15) is 18.3 Å². The SMILES string of the molecule is NC1=N[C@@](c2cc(NC(=O)Oc3ccc(Br)cn3)ccc2F)(C(F)F)COC1. The number of nitrogens with zero attached hydrogens (tertiary/aromatic N) is 2. The van der Waals surface area contributed by atoms with E-state index in [9.17, 15) is 18.0 Å². The van der Waals surface area contributed by atoms with E-state index in [1.165, 1.54) is 18.3 Å². The zero-order valence-electron chi connectivity index (χ0n) is 14.2. The Morgan fingerprint density at radius 2 is 2.14 bits per heavy atom. The fraction of sp³-hybridized carbons (Fsp3) is 0.235. The van der Waals surface area contributed by atoms with Gasteiger partial charge in [0.15, 0.2) is 5.54 Å². The van der Waals surface area contributed by atoms with E-state index in [0.717, 1.165) is 12.1 Å². The molecule has 0 aliphatic carbocycles. The lowest BCUT2D eigenvalue weighted by Gasteiger charge is -2.33. The van der Waals surface area contributed by atoms with Crippen LogP contribution in [0.3, 0.4) is 0 Å². The summed E-state index contributed by atoms with van der Waals surface area (Å²) in [5, 5.41) is 2.33. The lowest BCUT2D eigenvalue weighted by Crippen LogP contribution is -2.45. The van der Waals surface area contributed by atoms with E-state index in [-0.39, 0.29) is 24.0 Å². The highest BCUT2D eigenvalue weighted by Crippen LogP contribution is 2.37. The first-order valence-corrected chi connectivity index (χ1v) is 8.70. The maximum Gasteiger partial charge on any atom is 0.418 e. The van der Waals surface area contributed by atoms with Crippen molar-refractivity contribution in [3.63, 3.8) is 0 Å². The third-order valence-corrected chi connectivity index (χ3v) is 4.32. The minimum atomic E-state index is -3.09. The van der Waals surface area contributed by atoms with Crippen LogP contribution in [0, 0.1) is 5.82 Å². The number of pyridine rings is 1. The van der Waals surface area contributed by atoms with Gasteiger partial charge in [0.25, 0.3) is 6.43 Å². The second kappa shape index (κ2) is 8.15. The van der Waals surface area contributed by atoms with Crippen LogP contribution in [0.2, 0.25) is 0 Å². The summed E-state index contributed by atoms with van der Waals surface area (Å²) in [7, 11) is 0. The Hall–Kier alpha value is -2.66. The molecule has 3 rings (SSSR count). The Bertz CT molecular complexity index is 911. The second-order valence-corrected chi connectivity index (χ2v) is 6.76. The van der Waals surface area contributed by atoms with Crippen molar-refractivity contribution in [1.82, 2.24) is 4.98 Å². The van der Waals surface area contributed by atoms with Crippen molar-refractivity contribution in [3.8, 4) is 5.88 Å². The topological polar surface area (TPSA) is 98.8 Å². The summed E-state index contributed by atoms with van der Waals surface area (Å²) in [4.78, 5) is 19.6. The molecule has 0 unspecified atom stereocenters. The van der Waals surface area contributed by atoms with Crippen molar-refractivity contribution in [1.29, 1.82) is 0 Å². The van der Waals surface area contributed by atoms with Crippen LogP contribution in [0.1, 0.15) is 5.56 Å². The van der Waals surface area contributed by atoms with Gasteiger partial charge in [-0.2, -0.15) is 0 Å². The molecule has 7 nitrogen and oxygen atoms in total. The van der Waals surface area contributed by atoms with Gasteiger partial charge in [-0.1, -0.05) is 0 Å². The largest absolute Gasteiger partial charge is 0.418 e. The Morgan fingerprint density at radius 1 is 1.36 bits per heavy atom. The van der Waals surface area contributed by atoms with Crippen molar-refractivity contribution in [2.24, 2.45) is 10.7 Å². The molecule has 1 aliphatic heterocycles. The lowest BCUT2D eigenvalue weighted by atomic mass is 9.90. The van der Waals surface area contributed by atoms with Crippen molar-refractivity contribution >= 4 is 33.5 Å². The summed E-state index contributed by atoms with van der Waals surface area (Å²) < 4.78 is 52.7. The third-order valence-electron chi connectivity index (χ3n) is 3.85. The van der Waals surface area contributed by atoms with Gasteiger partial charge >= 0.3 is 6.09 Å². The van der Waals surface area contributed by atoms with Gasteiger partial charge in [-0.25, -0.2) is 22.9 Å². The Labute approximate surface area is 165 Å². The zero-order valence-corrected chi connectivity index (χ0v) is 15.8. The van der Waals surface area contributed by atoms with Crippen molar-refractivity contribution in [2.75, 3.05) is 18.5 Å². The van der Waals surface area contributed by atoms with Gasteiger partial charge in [0, 0.05) is 28.0 Å². The zero-order chi connectivity index (χ0) is 20.3. The van der Waals surface area contributed by atoms with Crippen LogP contribution >= 0.6 is 15.9 Å². The van der Waals surface area contributed by atoms with Crippen LogP contribution in [-0.4, -0.2) is 36.6 Å². The number of nitrogens with two attached hydrogens (primary N) is 1. The first-order chi connectivity index (χ1) is 13.3. The Kier molecular flexibility index (Phi) is 5.84. The molecule has 148 valence electrons. The van der Waals surface area contributed by atoms with Crippen LogP contribution in [0.4, 0.5) is 23.7 Å². The van der Waals surface area contributed by atoms with Gasteiger partial charge in [-0.3, -0.25) is 10.3 Å². The number of carbonyl (C=O) groups excluding carboxylic acids is 1. The molecule has 28 heavy (non-hydrogen) atoms. The fourth-order valence-corrected chi connectivity index (χ4v) is 2.83. The summed E-state index contributed by atoms with van der Waals surface area (Å²) in [6, 6.07) is 6.24. The molecule has 0 saturated carbocycles. The molecule has 1 aromatic heterocycles. The number of amidine groups is 1. The van der Waals surface area contributed by atoms with Gasteiger partial charge in [0.05, 0.1) is 6.61 Å². The average Bonchev–Trinajstić information content (AvgIpc) is 2.65. The molecule has 1 amide bonds. The van der Waals surface area contributed by atoms with E-state index in [1.54, 1.807) is 6.07 Å². The van der Waals surface area contributed by atoms with E-state index >= 15 is 0 Å². The number of amides is 1. The molecule has 1 atom stereocenters. The Balaban J connectivity index is 1.85. The molecule has 3 N–H and O–H groups in total. The third kappa shape index (κ3) is 4.25. The average molecular weight is 459 g/mol. The normalized spacial score (nSPS) is 19.2. The predicted molar refractivity (Wildman–Crippen MR) is 98.1 cm³/mol. The highest BCUT2D eigenvalue weighted by Gasteiger charge is 2.46. The summed E-state index contributed by atoms with van der Waals surface area (Å²) in [6.45, 7) is -0.681. The fourth-order valence-electron chi connectivity index (χ4n) is 2.60. The molecule has 1 aromatic carbocycles. The monoisotopic (exact) mass is 458 g/mol. The molecule has 0 fully saturated rings. The molecule has 1 aliphatic rings. The Morgan fingerprint density at radius 3 is 2.79 bits per heavy atom. The van der Waals surface area contributed by atoms with E-state index in [0.29, 0.717) is 4.47 Å². The van der Waals surface area contributed by atoms with Crippen molar-refractivity contribution < 1.29 is 27.4 Å². The van der Waals surface area contributed by atoms with Gasteiger partial charge in [-0.05, 0) is 40.2 Å². The van der Waals surface area contributed by atoms with E-state index < -0.39 is 36.0 Å². The smallest absolute Gasteiger partial charge is 0.391 e. The quantitative estimate of drug-likeness (QED) is 0.730. The summed E-state index contributed by atoms with van der Waals surface area (Å²) >= 11 is 3.19. The number of aromatic nitrogens is 1. The van der Waals surface area contributed by atoms with Gasteiger partial charge in [0.2, 0.25) is 5.88 Å². The summed E-state index contributed by atoms with van der Waals surface area (Å²) in [6.07, 6.45) is -2.59. The number of nitrogens with one attached hydrogen (secondary N) is 1. The number of halogens is 4. The number of rotatable bonds is 4. The molecular weight excluding hydrogens is 445 g/mol. The maximum absolute atomic E-state index is 14.4. The van der Waals surface area contributed by atoms with Crippen LogP contribution in [0.15, 0.2) is 46.0 Å². The molecule has 0 spiro atoms. The van der Waals surface area contributed by atoms with E-state index in [2.05, 4.69) is 31.2 Å². The number of hydrogen-bond donors (Lipinski definition) is 2. The minimum Gasteiger partial charge on any atom is -0.391 e. The van der Waals surface area contributed by atoms with Crippen molar-refractivity contribution in [2.45, 2.75) is 12.0 Å². The molecule has 0 bridgehead atoms. The lowest BCUT2D eigenvalue weighted by molar-refractivity contribution is -0.0145. The standard InChI is InChI=1S/C17H14BrF3N4O3/c18-9-1-4-14(23-6-9)28-16(26)24-10-2-3-12(19)11(5-10)17(15(20)21)8-27-7-13(22)25-17/h1-6,15H,7-8H2,(H2,22,25)(H,24,26)/t17-/m0/s1. The molecule has 0 radical (unpaired) electrons. The van der Waals surface area contributed by atoms with Crippen LogP contribution in [0.5, 0.6) is 5.88 Å². The summed E-state index contributed by atoms with van der Waals surface area (Å²) in [5.74, 6) is -1.09. The van der Waals surface area contributed by atoms with Gasteiger partial charge in [-0.15, -0.1) is 0 Å². The number of benzene rings is 1. The molecular formula is C17H14BrF3N4O3. The summed E-state index contributed by atoms with van der Waals surface area (Å²) in [5.41, 5.74) is 2.79. The number of ether oxygens (including phenoxy) is 2. The maximum atomic E-state index is 14.4. The molecule has 11 heteroatoms. The van der Waals surface area contributed by atoms with Crippen LogP contribution in [-0.2, 0) is 10.3 Å². The van der Waals surface area contributed by atoms with E-state index in [1.807, 2.05) is 0 Å². The second-order valence-electron chi connectivity index (χ2n) is 5.84. The van der Waals surface area contributed by atoms with E-state index in [4.69, 9.17) is 15.2 Å². The molecule has 2 aromatic rings. The highest BCUT2D eigenvalue weighted by atomic mass is 79.9. The highest BCUT2D eigenvalue weighted by molar-refractivity contribution is 9.10. The number of hydrogen-bond acceptors (Lipinski definition) is 6. The number of carbonyl (C=O) groups is 1. The number of anilines is 1. The van der Waals surface area contributed by atoms with Gasteiger partial charge < -0.3 is 15.2 Å².